The molecule has 17 heavy (non-hydrogen) atoms. The Morgan fingerprint density at radius 3 is 2.59 bits per heavy atom. The van der Waals surface area contributed by atoms with E-state index >= 15 is 0 Å². The van der Waals surface area contributed by atoms with E-state index in [2.05, 4.69) is 61.3 Å². The summed E-state index contributed by atoms with van der Waals surface area (Å²) in [6.07, 6.45) is 0. The van der Waals surface area contributed by atoms with Crippen LogP contribution in [0.1, 0.15) is 12.5 Å². The summed E-state index contributed by atoms with van der Waals surface area (Å²) in [4.78, 5) is 2.29. The first-order valence-electron chi connectivity index (χ1n) is 5.95. The van der Waals surface area contributed by atoms with Gasteiger partial charge in [0.1, 0.15) is 0 Å². The van der Waals surface area contributed by atoms with Crippen LogP contribution in [0.25, 0.3) is 10.8 Å². The van der Waals surface area contributed by atoms with Gasteiger partial charge in [-0.25, -0.2) is 0 Å². The van der Waals surface area contributed by atoms with E-state index in [1.165, 1.54) is 16.3 Å². The molecule has 0 aliphatic rings. The molecule has 2 heteroatoms. The molecule has 0 saturated heterocycles. The van der Waals surface area contributed by atoms with Gasteiger partial charge in [-0.05, 0) is 30.3 Å². The van der Waals surface area contributed by atoms with Crippen LogP contribution in [0.4, 0.5) is 0 Å². The van der Waals surface area contributed by atoms with Crippen LogP contribution in [0, 0.1) is 0 Å². The van der Waals surface area contributed by atoms with Gasteiger partial charge in [-0.2, -0.15) is 0 Å². The molecule has 2 aromatic carbocycles. The highest BCUT2D eigenvalue weighted by Crippen LogP contribution is 2.20. The van der Waals surface area contributed by atoms with Crippen molar-refractivity contribution in [1.29, 1.82) is 0 Å². The average Bonchev–Trinajstić information content (AvgIpc) is 2.38. The Balaban J connectivity index is 2.30. The lowest BCUT2D eigenvalue weighted by Crippen LogP contribution is -2.29. The Labute approximate surface area is 108 Å². The van der Waals surface area contributed by atoms with Crippen LogP contribution < -0.4 is 0 Å². The van der Waals surface area contributed by atoms with Gasteiger partial charge in [0.15, 0.2) is 0 Å². The molecular formula is C15H18ClN. The highest BCUT2D eigenvalue weighted by molar-refractivity contribution is 6.18. The number of fused-ring (bicyclic) bond motifs is 1. The summed E-state index contributed by atoms with van der Waals surface area (Å²) >= 11 is 5.89. The maximum atomic E-state index is 5.89. The van der Waals surface area contributed by atoms with Crippen LogP contribution in [0.15, 0.2) is 42.5 Å². The van der Waals surface area contributed by atoms with Crippen molar-refractivity contribution < 1.29 is 0 Å². The lowest BCUT2D eigenvalue weighted by Gasteiger charge is -2.23. The number of rotatable bonds is 4. The van der Waals surface area contributed by atoms with Gasteiger partial charge in [0.25, 0.3) is 0 Å². The molecule has 1 nitrogen and oxygen atoms in total. The highest BCUT2D eigenvalue weighted by Gasteiger charge is 2.09. The maximum Gasteiger partial charge on any atom is 0.0376 e. The van der Waals surface area contributed by atoms with Gasteiger partial charge < -0.3 is 0 Å². The second kappa shape index (κ2) is 5.52. The van der Waals surface area contributed by atoms with Gasteiger partial charge in [0.2, 0.25) is 0 Å². The highest BCUT2D eigenvalue weighted by atomic mass is 35.5. The SMILES string of the molecule is CC(CCl)N(C)Cc1cccc2ccccc12. The third kappa shape index (κ3) is 2.80. The molecule has 0 radical (unpaired) electrons. The van der Waals surface area contributed by atoms with Crippen LogP contribution in [0.5, 0.6) is 0 Å². The molecule has 0 saturated carbocycles. The van der Waals surface area contributed by atoms with Crippen molar-refractivity contribution in [2.24, 2.45) is 0 Å². The molecular weight excluding hydrogens is 230 g/mol. The predicted molar refractivity (Wildman–Crippen MR) is 75.6 cm³/mol. The minimum absolute atomic E-state index is 0.399. The minimum Gasteiger partial charge on any atom is -0.298 e. The van der Waals surface area contributed by atoms with Crippen LogP contribution in [-0.4, -0.2) is 23.9 Å². The molecule has 0 aliphatic heterocycles. The fourth-order valence-electron chi connectivity index (χ4n) is 1.97. The number of benzene rings is 2. The fraction of sp³-hybridized carbons (Fsp3) is 0.333. The largest absolute Gasteiger partial charge is 0.298 e. The molecule has 0 aliphatic carbocycles. The zero-order valence-electron chi connectivity index (χ0n) is 10.4. The van der Waals surface area contributed by atoms with Crippen molar-refractivity contribution in [1.82, 2.24) is 4.90 Å². The molecule has 0 spiro atoms. The second-order valence-electron chi connectivity index (χ2n) is 4.56. The van der Waals surface area contributed by atoms with Crippen LogP contribution >= 0.6 is 11.6 Å². The van der Waals surface area contributed by atoms with Crippen LogP contribution in [0.2, 0.25) is 0 Å². The van der Waals surface area contributed by atoms with E-state index in [0.29, 0.717) is 11.9 Å². The summed E-state index contributed by atoms with van der Waals surface area (Å²) < 4.78 is 0. The normalized spacial score (nSPS) is 13.2. The Morgan fingerprint density at radius 1 is 1.12 bits per heavy atom. The quantitative estimate of drug-likeness (QED) is 0.741. The monoisotopic (exact) mass is 247 g/mol. The third-order valence-corrected chi connectivity index (χ3v) is 3.72. The summed E-state index contributed by atoms with van der Waals surface area (Å²) in [7, 11) is 2.12. The maximum absolute atomic E-state index is 5.89. The van der Waals surface area contributed by atoms with Crippen molar-refractivity contribution in [2.75, 3.05) is 12.9 Å². The van der Waals surface area contributed by atoms with Gasteiger partial charge in [0.05, 0.1) is 0 Å². The van der Waals surface area contributed by atoms with Gasteiger partial charge in [0, 0.05) is 18.5 Å². The first-order chi connectivity index (χ1) is 8.22. The molecule has 1 atom stereocenters. The molecule has 2 aromatic rings. The van der Waals surface area contributed by atoms with Crippen molar-refractivity contribution in [3.05, 3.63) is 48.0 Å². The average molecular weight is 248 g/mol. The van der Waals surface area contributed by atoms with Gasteiger partial charge >= 0.3 is 0 Å². The van der Waals surface area contributed by atoms with E-state index < -0.39 is 0 Å². The van der Waals surface area contributed by atoms with E-state index in [-0.39, 0.29) is 0 Å². The molecule has 0 amide bonds. The summed E-state index contributed by atoms with van der Waals surface area (Å²) in [6.45, 7) is 3.09. The fourth-order valence-corrected chi connectivity index (χ4v) is 2.21. The lowest BCUT2D eigenvalue weighted by atomic mass is 10.0. The molecule has 0 aromatic heterocycles. The summed E-state index contributed by atoms with van der Waals surface area (Å²) in [6, 6.07) is 15.4. The summed E-state index contributed by atoms with van der Waals surface area (Å²) in [5.74, 6) is 0.668. The summed E-state index contributed by atoms with van der Waals surface area (Å²) in [5, 5.41) is 2.64. The zero-order chi connectivity index (χ0) is 12.3. The van der Waals surface area contributed by atoms with Gasteiger partial charge in [-0.3, -0.25) is 4.90 Å². The second-order valence-corrected chi connectivity index (χ2v) is 4.87. The molecule has 2 rings (SSSR count). The predicted octanol–water partition coefficient (Wildman–Crippen LogP) is 3.90. The van der Waals surface area contributed by atoms with Crippen LogP contribution in [0.3, 0.4) is 0 Å². The molecule has 90 valence electrons. The molecule has 0 N–H and O–H groups in total. The van der Waals surface area contributed by atoms with E-state index in [9.17, 15) is 0 Å². The number of hydrogen-bond donors (Lipinski definition) is 0. The van der Waals surface area contributed by atoms with E-state index in [4.69, 9.17) is 11.6 Å². The van der Waals surface area contributed by atoms with Crippen molar-refractivity contribution in [3.63, 3.8) is 0 Å². The topological polar surface area (TPSA) is 3.24 Å². The van der Waals surface area contributed by atoms with Crippen molar-refractivity contribution in [2.45, 2.75) is 19.5 Å². The number of alkyl halides is 1. The Morgan fingerprint density at radius 2 is 1.82 bits per heavy atom. The van der Waals surface area contributed by atoms with Crippen molar-refractivity contribution >= 4 is 22.4 Å². The number of halogens is 1. The van der Waals surface area contributed by atoms with Gasteiger partial charge in [-0.15, -0.1) is 11.6 Å². The Kier molecular flexibility index (Phi) is 4.03. The van der Waals surface area contributed by atoms with Crippen LogP contribution in [-0.2, 0) is 6.54 Å². The molecule has 0 heterocycles. The first-order valence-corrected chi connectivity index (χ1v) is 6.48. The van der Waals surface area contributed by atoms with E-state index in [0.717, 1.165) is 6.54 Å². The van der Waals surface area contributed by atoms with Crippen molar-refractivity contribution in [3.8, 4) is 0 Å². The minimum atomic E-state index is 0.399. The molecule has 1 unspecified atom stereocenters. The Hall–Kier alpha value is -1.05. The number of nitrogens with zero attached hydrogens (tertiary/aromatic N) is 1. The van der Waals surface area contributed by atoms with E-state index in [1.807, 2.05) is 0 Å². The smallest absolute Gasteiger partial charge is 0.0376 e. The Bertz CT molecular complexity index is 490. The third-order valence-electron chi connectivity index (χ3n) is 3.28. The molecule has 0 bridgehead atoms. The van der Waals surface area contributed by atoms with Gasteiger partial charge in [-0.1, -0.05) is 42.5 Å². The summed E-state index contributed by atoms with van der Waals surface area (Å²) in [5.41, 5.74) is 1.36. The standard InChI is InChI=1S/C15H18ClN/c1-12(10-16)17(2)11-14-8-5-7-13-6-3-4-9-15(13)14/h3-9,12H,10-11H2,1-2H3. The first kappa shape index (κ1) is 12.4. The molecule has 0 fully saturated rings. The number of hydrogen-bond acceptors (Lipinski definition) is 1. The van der Waals surface area contributed by atoms with E-state index in [1.54, 1.807) is 0 Å². The zero-order valence-corrected chi connectivity index (χ0v) is 11.1. The lowest BCUT2D eigenvalue weighted by molar-refractivity contribution is 0.269.